The first-order valence-electron chi connectivity index (χ1n) is 15.1. The molecule has 0 aliphatic carbocycles. The normalized spacial score (nSPS) is 23.0. The maximum atomic E-state index is 14.0. The smallest absolute Gasteiger partial charge is 0.420 e. The number of hydrogen-bond donors (Lipinski definition) is 0. The van der Waals surface area contributed by atoms with E-state index in [-0.39, 0.29) is 11.9 Å². The van der Waals surface area contributed by atoms with E-state index in [4.69, 9.17) is 9.47 Å². The minimum atomic E-state index is -0.917. The molecule has 42 heavy (non-hydrogen) atoms. The van der Waals surface area contributed by atoms with E-state index in [1.165, 1.54) is 11.9 Å². The molecule has 2 aromatic rings. The Morgan fingerprint density at radius 1 is 1.05 bits per heavy atom. The van der Waals surface area contributed by atoms with Crippen molar-refractivity contribution in [1.82, 2.24) is 19.8 Å². The Hall–Kier alpha value is -2.76. The highest BCUT2D eigenvalue weighted by Gasteiger charge is 2.38. The summed E-state index contributed by atoms with van der Waals surface area (Å²) < 4.78 is 24.7. The van der Waals surface area contributed by atoms with Crippen molar-refractivity contribution in [3.63, 3.8) is 0 Å². The fourth-order valence-electron chi connectivity index (χ4n) is 6.80. The van der Waals surface area contributed by atoms with Crippen molar-refractivity contribution in [2.24, 2.45) is 0 Å². The summed E-state index contributed by atoms with van der Waals surface area (Å²) in [4.78, 5) is 32.0. The molecule has 6 rings (SSSR count). The molecule has 10 nitrogen and oxygen atoms in total. The second-order valence-electron chi connectivity index (χ2n) is 13.3. The number of aryl methyl sites for hydroxylation is 1. The summed E-state index contributed by atoms with van der Waals surface area (Å²) in [6.45, 7) is 13.8. The summed E-state index contributed by atoms with van der Waals surface area (Å²) >= 11 is 0. The molecular weight excluding hydrogens is 552 g/mol. The average molecular weight is 597 g/mol. The van der Waals surface area contributed by atoms with Gasteiger partial charge < -0.3 is 19.3 Å². The molecule has 0 radical (unpaired) electrons. The van der Waals surface area contributed by atoms with Gasteiger partial charge in [-0.15, -0.1) is 0 Å². The van der Waals surface area contributed by atoms with E-state index < -0.39 is 22.5 Å². The minimum Gasteiger partial charge on any atom is -0.486 e. The van der Waals surface area contributed by atoms with E-state index in [1.807, 2.05) is 20.8 Å². The lowest BCUT2D eigenvalue weighted by molar-refractivity contribution is 0.0363. The van der Waals surface area contributed by atoms with Gasteiger partial charge in [0.1, 0.15) is 30.1 Å². The number of aromatic nitrogens is 2. The third-order valence-electron chi connectivity index (χ3n) is 9.04. The number of piperidine rings is 1. The first kappa shape index (κ1) is 29.3. The number of likely N-dealkylation sites (tertiary alicyclic amines) is 2. The first-order valence-corrected chi connectivity index (χ1v) is 16.7. The molecule has 4 aliphatic heterocycles. The molecule has 0 bridgehead atoms. The highest BCUT2D eigenvalue weighted by Crippen LogP contribution is 2.46. The number of fused-ring (bicyclic) bond motifs is 2. The van der Waals surface area contributed by atoms with Gasteiger partial charge in [-0.1, -0.05) is 6.07 Å². The zero-order valence-electron chi connectivity index (χ0n) is 25.8. The van der Waals surface area contributed by atoms with Crippen LogP contribution < -0.4 is 14.5 Å². The Labute approximate surface area is 251 Å². The molecule has 1 aromatic carbocycles. The number of likely N-dealkylation sites (N-methyl/N-ethyl adjacent to an activating group) is 1. The summed E-state index contributed by atoms with van der Waals surface area (Å²) in [5, 5.41) is 0.0860. The molecule has 2 unspecified atom stereocenters. The number of benzene rings is 1. The third kappa shape index (κ3) is 5.75. The fourth-order valence-corrected chi connectivity index (χ4v) is 7.63. The molecule has 5 heterocycles. The molecule has 0 N–H and O–H groups in total. The number of anilines is 3. The van der Waals surface area contributed by atoms with Crippen molar-refractivity contribution in [2.75, 3.05) is 62.4 Å². The van der Waals surface area contributed by atoms with Gasteiger partial charge in [0.2, 0.25) is 0 Å². The molecule has 2 atom stereocenters. The molecule has 0 spiro atoms. The summed E-state index contributed by atoms with van der Waals surface area (Å²) in [6, 6.07) is 5.02. The van der Waals surface area contributed by atoms with Gasteiger partial charge in [-0.25, -0.2) is 19.7 Å². The molecule has 3 fully saturated rings. The lowest BCUT2D eigenvalue weighted by Crippen LogP contribution is -2.59. The topological polar surface area (TPSA) is 91.3 Å². The quantitative estimate of drug-likeness (QED) is 0.515. The number of carbonyl (C=O) groups is 1. The van der Waals surface area contributed by atoms with Crippen LogP contribution in [0.3, 0.4) is 0 Å². The van der Waals surface area contributed by atoms with Crippen LogP contribution in [0, 0.1) is 6.92 Å². The first-order chi connectivity index (χ1) is 20.0. The standard InChI is InChI=1S/C31H44N6O4S/c1-20-13-22(21-7-10-35(11-8-21)23-15-34(5)16-23)14-26-27(20)40-18-25-28(36-12-9-24(17-36)42(6)39)32-19-33-29(25)37(26)30(38)41-31(2,3)4/h13-14,19,21,23-24H,7-12,15-18H2,1-6H3. The van der Waals surface area contributed by atoms with Crippen molar-refractivity contribution in [3.05, 3.63) is 35.2 Å². The minimum absolute atomic E-state index is 0.0860. The molecule has 0 saturated carbocycles. The molecule has 228 valence electrons. The van der Waals surface area contributed by atoms with Crippen molar-refractivity contribution in [1.29, 1.82) is 0 Å². The van der Waals surface area contributed by atoms with Gasteiger partial charge in [-0.3, -0.25) is 9.11 Å². The van der Waals surface area contributed by atoms with E-state index in [0.717, 1.165) is 68.9 Å². The summed E-state index contributed by atoms with van der Waals surface area (Å²) in [5.41, 5.74) is 2.92. The number of rotatable bonds is 4. The second kappa shape index (κ2) is 11.4. The van der Waals surface area contributed by atoms with Crippen LogP contribution in [-0.4, -0.2) is 99.5 Å². The Bertz CT molecular complexity index is 1370. The SMILES string of the molecule is Cc1cc(C2CCN(C3CN(C)C3)CC2)cc2c1OCc1c(N3CCC(S(C)=O)C3)ncnc1N2C(=O)OC(C)(C)C. The van der Waals surface area contributed by atoms with Gasteiger partial charge in [0.05, 0.1) is 16.5 Å². The number of ether oxygens (including phenoxy) is 2. The third-order valence-corrected chi connectivity index (χ3v) is 10.4. The lowest BCUT2D eigenvalue weighted by Gasteiger charge is -2.46. The highest BCUT2D eigenvalue weighted by atomic mass is 32.2. The fraction of sp³-hybridized carbons (Fsp3) is 0.645. The number of nitrogens with zero attached hydrogens (tertiary/aromatic N) is 6. The van der Waals surface area contributed by atoms with E-state index >= 15 is 0 Å². The van der Waals surface area contributed by atoms with E-state index in [9.17, 15) is 9.00 Å². The lowest BCUT2D eigenvalue weighted by atomic mass is 9.87. The van der Waals surface area contributed by atoms with Gasteiger partial charge in [0.15, 0.2) is 5.82 Å². The van der Waals surface area contributed by atoms with Crippen LogP contribution in [-0.2, 0) is 22.1 Å². The van der Waals surface area contributed by atoms with Gasteiger partial charge in [0.25, 0.3) is 0 Å². The van der Waals surface area contributed by atoms with Crippen molar-refractivity contribution in [2.45, 2.75) is 76.4 Å². The predicted molar refractivity (Wildman–Crippen MR) is 165 cm³/mol. The van der Waals surface area contributed by atoms with Gasteiger partial charge in [-0.05, 0) is 90.2 Å². The number of carbonyl (C=O) groups excluding carboxylic acids is 1. The molecule has 1 amide bonds. The number of hydrogen-bond acceptors (Lipinski definition) is 9. The van der Waals surface area contributed by atoms with Crippen molar-refractivity contribution < 1.29 is 18.5 Å². The van der Waals surface area contributed by atoms with E-state index in [2.05, 4.69) is 50.8 Å². The summed E-state index contributed by atoms with van der Waals surface area (Å²) in [5.74, 6) is 2.27. The second-order valence-corrected chi connectivity index (χ2v) is 15.0. The zero-order valence-corrected chi connectivity index (χ0v) is 26.6. The number of amides is 1. The Kier molecular flexibility index (Phi) is 7.95. The summed E-state index contributed by atoms with van der Waals surface area (Å²) in [6.07, 6.45) is 5.78. The Balaban J connectivity index is 1.36. The van der Waals surface area contributed by atoms with Crippen LogP contribution in [0.2, 0.25) is 0 Å². The Morgan fingerprint density at radius 3 is 2.40 bits per heavy atom. The monoisotopic (exact) mass is 596 g/mol. The largest absolute Gasteiger partial charge is 0.486 e. The summed E-state index contributed by atoms with van der Waals surface area (Å²) in [7, 11) is 1.26. The predicted octanol–water partition coefficient (Wildman–Crippen LogP) is 4.20. The van der Waals surface area contributed by atoms with Gasteiger partial charge in [0, 0.05) is 49.3 Å². The van der Waals surface area contributed by atoms with Crippen molar-refractivity contribution in [3.8, 4) is 5.75 Å². The highest BCUT2D eigenvalue weighted by molar-refractivity contribution is 7.84. The van der Waals surface area contributed by atoms with Gasteiger partial charge in [-0.2, -0.15) is 0 Å². The van der Waals surface area contributed by atoms with E-state index in [0.29, 0.717) is 35.8 Å². The maximum absolute atomic E-state index is 14.0. The maximum Gasteiger partial charge on any atom is 0.420 e. The van der Waals surface area contributed by atoms with Crippen LogP contribution in [0.25, 0.3) is 0 Å². The molecule has 11 heteroatoms. The van der Waals surface area contributed by atoms with Crippen LogP contribution >= 0.6 is 0 Å². The Morgan fingerprint density at radius 2 is 1.76 bits per heavy atom. The van der Waals surface area contributed by atoms with Crippen LogP contribution in [0.15, 0.2) is 18.5 Å². The van der Waals surface area contributed by atoms with Crippen LogP contribution in [0.5, 0.6) is 5.75 Å². The average Bonchev–Trinajstić information content (AvgIpc) is 3.34. The van der Waals surface area contributed by atoms with Crippen LogP contribution in [0.4, 0.5) is 22.1 Å². The van der Waals surface area contributed by atoms with Crippen molar-refractivity contribution >= 4 is 34.2 Å². The molecule has 3 saturated heterocycles. The molecular formula is C31H44N6O4S. The molecule has 4 aliphatic rings. The zero-order chi connectivity index (χ0) is 29.8. The van der Waals surface area contributed by atoms with E-state index in [1.54, 1.807) is 11.2 Å². The van der Waals surface area contributed by atoms with Gasteiger partial charge >= 0.3 is 6.09 Å². The van der Waals surface area contributed by atoms with Crippen LogP contribution in [0.1, 0.15) is 62.6 Å². The molecule has 1 aromatic heterocycles.